The van der Waals surface area contributed by atoms with Crippen LogP contribution in [0.25, 0.3) is 5.57 Å². The van der Waals surface area contributed by atoms with E-state index in [2.05, 4.69) is 0 Å². The zero-order valence-electron chi connectivity index (χ0n) is 12.1. The highest BCUT2D eigenvalue weighted by atomic mass is 19.1. The molecule has 0 amide bonds. The SMILES string of the molecule is COC1=C(c2cc(F)ccc2C)C(=O)[C@H]2C3CCC(O3)[C@@H]12. The fourth-order valence-corrected chi connectivity index (χ4v) is 4.17. The summed E-state index contributed by atoms with van der Waals surface area (Å²) in [6, 6.07) is 4.56. The van der Waals surface area contributed by atoms with E-state index in [1.165, 1.54) is 12.1 Å². The van der Waals surface area contributed by atoms with Gasteiger partial charge in [0.2, 0.25) is 0 Å². The van der Waals surface area contributed by atoms with Crippen molar-refractivity contribution < 1.29 is 18.7 Å². The lowest BCUT2D eigenvalue weighted by molar-refractivity contribution is -0.118. The number of fused-ring (bicyclic) bond motifs is 5. The van der Waals surface area contributed by atoms with Crippen LogP contribution in [0, 0.1) is 24.6 Å². The molecule has 110 valence electrons. The Labute approximate surface area is 122 Å². The molecule has 2 heterocycles. The van der Waals surface area contributed by atoms with Gasteiger partial charge >= 0.3 is 0 Å². The summed E-state index contributed by atoms with van der Waals surface area (Å²) in [5.74, 6) is 0.279. The van der Waals surface area contributed by atoms with Crippen LogP contribution in [0.15, 0.2) is 24.0 Å². The first-order valence-corrected chi connectivity index (χ1v) is 7.36. The van der Waals surface area contributed by atoms with Gasteiger partial charge in [0.15, 0.2) is 5.78 Å². The minimum atomic E-state index is -0.331. The van der Waals surface area contributed by atoms with Gasteiger partial charge < -0.3 is 9.47 Å². The van der Waals surface area contributed by atoms with Crippen molar-refractivity contribution >= 4 is 11.4 Å². The molecule has 21 heavy (non-hydrogen) atoms. The van der Waals surface area contributed by atoms with Crippen molar-refractivity contribution in [3.63, 3.8) is 0 Å². The molecule has 0 aromatic heterocycles. The molecule has 0 N–H and O–H groups in total. The van der Waals surface area contributed by atoms with Gasteiger partial charge in [-0.2, -0.15) is 0 Å². The van der Waals surface area contributed by atoms with Crippen LogP contribution >= 0.6 is 0 Å². The molecule has 1 aromatic rings. The third kappa shape index (κ3) is 1.65. The summed E-state index contributed by atoms with van der Waals surface area (Å²) < 4.78 is 25.1. The van der Waals surface area contributed by atoms with Crippen LogP contribution in [0.2, 0.25) is 0 Å². The van der Waals surface area contributed by atoms with Crippen molar-refractivity contribution in [2.75, 3.05) is 7.11 Å². The van der Waals surface area contributed by atoms with Crippen LogP contribution in [0.5, 0.6) is 0 Å². The van der Waals surface area contributed by atoms with Gasteiger partial charge in [-0.25, -0.2) is 4.39 Å². The van der Waals surface area contributed by atoms with Crippen molar-refractivity contribution in [1.82, 2.24) is 0 Å². The van der Waals surface area contributed by atoms with E-state index < -0.39 is 0 Å². The van der Waals surface area contributed by atoms with Crippen molar-refractivity contribution in [3.8, 4) is 0 Å². The Hall–Kier alpha value is -1.68. The highest BCUT2D eigenvalue weighted by Gasteiger charge is 2.59. The summed E-state index contributed by atoms with van der Waals surface area (Å²) in [6.45, 7) is 1.89. The lowest BCUT2D eigenvalue weighted by Crippen LogP contribution is -2.29. The first-order chi connectivity index (χ1) is 10.1. The molecular formula is C17H17FO3. The molecule has 3 nitrogen and oxygen atoms in total. The summed E-state index contributed by atoms with van der Waals surface area (Å²) >= 11 is 0. The Balaban J connectivity index is 1.88. The quantitative estimate of drug-likeness (QED) is 0.839. The number of ether oxygens (including phenoxy) is 2. The van der Waals surface area contributed by atoms with Gasteiger partial charge in [0, 0.05) is 0 Å². The molecule has 2 saturated heterocycles. The number of carbonyl (C=O) groups is 1. The van der Waals surface area contributed by atoms with E-state index >= 15 is 0 Å². The number of aryl methyl sites for hydroxylation is 1. The normalized spacial score (nSPS) is 33.8. The molecular weight excluding hydrogens is 271 g/mol. The number of benzene rings is 1. The van der Waals surface area contributed by atoms with Crippen LogP contribution in [-0.2, 0) is 14.3 Å². The summed E-state index contributed by atoms with van der Waals surface area (Å²) in [7, 11) is 1.59. The fraction of sp³-hybridized carbons (Fsp3) is 0.471. The van der Waals surface area contributed by atoms with E-state index in [9.17, 15) is 9.18 Å². The average molecular weight is 288 g/mol. The Morgan fingerprint density at radius 2 is 1.95 bits per heavy atom. The van der Waals surface area contributed by atoms with Crippen LogP contribution in [0.1, 0.15) is 24.0 Å². The summed E-state index contributed by atoms with van der Waals surface area (Å²) in [5, 5.41) is 0. The van der Waals surface area contributed by atoms with Gasteiger partial charge in [0.25, 0.3) is 0 Å². The number of hydrogen-bond acceptors (Lipinski definition) is 3. The fourth-order valence-electron chi connectivity index (χ4n) is 4.17. The second-order valence-corrected chi connectivity index (χ2v) is 6.11. The molecule has 2 aliphatic heterocycles. The number of ketones is 1. The smallest absolute Gasteiger partial charge is 0.173 e. The first-order valence-electron chi connectivity index (χ1n) is 7.36. The Bertz CT molecular complexity index is 664. The zero-order chi connectivity index (χ0) is 14.7. The van der Waals surface area contributed by atoms with Crippen LogP contribution in [0.4, 0.5) is 4.39 Å². The molecule has 3 aliphatic rings. The molecule has 2 fully saturated rings. The molecule has 2 bridgehead atoms. The van der Waals surface area contributed by atoms with Gasteiger partial charge in [-0.05, 0) is 43.0 Å². The van der Waals surface area contributed by atoms with E-state index in [1.54, 1.807) is 13.2 Å². The minimum absolute atomic E-state index is 0.00372. The Morgan fingerprint density at radius 1 is 1.24 bits per heavy atom. The largest absolute Gasteiger partial charge is 0.500 e. The summed E-state index contributed by atoms with van der Waals surface area (Å²) in [5.41, 5.74) is 2.11. The molecule has 2 unspecified atom stereocenters. The predicted octanol–water partition coefficient (Wildman–Crippen LogP) is 2.87. The van der Waals surface area contributed by atoms with Gasteiger partial charge in [-0.3, -0.25) is 4.79 Å². The second-order valence-electron chi connectivity index (χ2n) is 6.11. The molecule has 1 aliphatic carbocycles. The third-order valence-electron chi connectivity index (χ3n) is 5.06. The maximum Gasteiger partial charge on any atom is 0.173 e. The van der Waals surface area contributed by atoms with E-state index in [0.29, 0.717) is 16.9 Å². The zero-order valence-corrected chi connectivity index (χ0v) is 12.1. The second kappa shape index (κ2) is 4.41. The monoisotopic (exact) mass is 288 g/mol. The molecule has 4 heteroatoms. The average Bonchev–Trinajstić information content (AvgIpc) is 3.13. The van der Waals surface area contributed by atoms with E-state index in [1.807, 2.05) is 6.92 Å². The number of hydrogen-bond donors (Lipinski definition) is 0. The highest BCUT2D eigenvalue weighted by Crippen LogP contribution is 2.54. The van der Waals surface area contributed by atoms with Gasteiger partial charge in [0.05, 0.1) is 36.7 Å². The topological polar surface area (TPSA) is 35.5 Å². The van der Waals surface area contributed by atoms with E-state index in [-0.39, 0.29) is 35.6 Å². The maximum absolute atomic E-state index is 13.6. The number of Topliss-reactive ketones (excluding diaryl/α,β-unsaturated/α-hetero) is 1. The Kier molecular flexibility index (Phi) is 2.73. The van der Waals surface area contributed by atoms with E-state index in [0.717, 1.165) is 18.4 Å². The van der Waals surface area contributed by atoms with Crippen molar-refractivity contribution in [3.05, 3.63) is 40.9 Å². The molecule has 0 spiro atoms. The van der Waals surface area contributed by atoms with E-state index in [4.69, 9.17) is 9.47 Å². The number of rotatable bonds is 2. The summed E-state index contributed by atoms with van der Waals surface area (Å²) in [4.78, 5) is 12.9. The van der Waals surface area contributed by atoms with Gasteiger partial charge in [-0.1, -0.05) is 6.07 Å². The number of methoxy groups -OCH3 is 1. The lowest BCUT2D eigenvalue weighted by atomic mass is 9.80. The van der Waals surface area contributed by atoms with Gasteiger partial charge in [0.1, 0.15) is 11.6 Å². The van der Waals surface area contributed by atoms with Crippen LogP contribution in [-0.4, -0.2) is 25.1 Å². The molecule has 4 atom stereocenters. The van der Waals surface area contributed by atoms with Crippen molar-refractivity contribution in [2.45, 2.75) is 32.0 Å². The Morgan fingerprint density at radius 3 is 2.67 bits per heavy atom. The first kappa shape index (κ1) is 13.0. The molecule has 0 saturated carbocycles. The third-order valence-corrected chi connectivity index (χ3v) is 5.06. The van der Waals surface area contributed by atoms with Crippen molar-refractivity contribution in [2.24, 2.45) is 11.8 Å². The molecule has 4 rings (SSSR count). The van der Waals surface area contributed by atoms with Crippen molar-refractivity contribution in [1.29, 1.82) is 0 Å². The molecule has 1 aromatic carbocycles. The predicted molar refractivity (Wildman–Crippen MR) is 74.9 cm³/mol. The summed E-state index contributed by atoms with van der Waals surface area (Å²) in [6.07, 6.45) is 1.99. The van der Waals surface area contributed by atoms with Crippen LogP contribution < -0.4 is 0 Å². The standard InChI is InChI=1S/C17H17FO3/c1-8-3-4-9(18)7-10(8)13-16(19)14-11-5-6-12(21-11)15(14)17(13)20-2/h3-4,7,11-12,14-15H,5-6H2,1-2H3/t11?,12?,14-,15+/m0/s1. The van der Waals surface area contributed by atoms with Crippen LogP contribution in [0.3, 0.4) is 0 Å². The number of halogens is 1. The number of allylic oxidation sites excluding steroid dienone is 1. The van der Waals surface area contributed by atoms with Gasteiger partial charge in [-0.15, -0.1) is 0 Å². The molecule has 0 radical (unpaired) electrons. The highest BCUT2D eigenvalue weighted by molar-refractivity contribution is 6.25. The number of carbonyl (C=O) groups excluding carboxylic acids is 1. The maximum atomic E-state index is 13.6. The lowest BCUT2D eigenvalue weighted by Gasteiger charge is -2.21. The minimum Gasteiger partial charge on any atom is -0.500 e.